The van der Waals surface area contributed by atoms with Gasteiger partial charge in [0.2, 0.25) is 0 Å². The normalized spacial score (nSPS) is 23.0. The number of para-hydroxylation sites is 1. The van der Waals surface area contributed by atoms with Gasteiger partial charge < -0.3 is 19.4 Å². The van der Waals surface area contributed by atoms with Crippen LogP contribution in [-0.2, 0) is 6.54 Å². The minimum absolute atomic E-state index is 0.171. The number of rotatable bonds is 6. The topological polar surface area (TPSA) is 93.2 Å². The summed E-state index contributed by atoms with van der Waals surface area (Å²) in [5.74, 6) is 0.618. The summed E-state index contributed by atoms with van der Waals surface area (Å²) in [5, 5.41) is 13.9. The molecule has 1 aromatic carbocycles. The number of aliphatic hydroxyl groups is 1. The maximum absolute atomic E-state index is 14.4. The molecule has 3 heterocycles. The van der Waals surface area contributed by atoms with Crippen molar-refractivity contribution >= 4 is 22.6 Å². The highest BCUT2D eigenvalue weighted by molar-refractivity contribution is 6.11. The molecule has 32 heavy (non-hydrogen) atoms. The Balaban J connectivity index is 1.34. The van der Waals surface area contributed by atoms with E-state index in [2.05, 4.69) is 15.3 Å². The second-order valence-corrected chi connectivity index (χ2v) is 8.34. The molecule has 7 nitrogen and oxygen atoms in total. The number of nitrogens with one attached hydrogen (secondary N) is 1. The zero-order chi connectivity index (χ0) is 22.2. The molecule has 1 aliphatic rings. The third kappa shape index (κ3) is 3.78. The van der Waals surface area contributed by atoms with Gasteiger partial charge >= 0.3 is 0 Å². The molecule has 1 saturated carbocycles. The summed E-state index contributed by atoms with van der Waals surface area (Å²) in [6, 6.07) is 10.9. The quantitative estimate of drug-likeness (QED) is 0.448. The predicted octanol–water partition coefficient (Wildman–Crippen LogP) is 3.82. The molecule has 2 N–H and O–H groups in total. The fourth-order valence-corrected chi connectivity index (χ4v) is 4.27. The summed E-state index contributed by atoms with van der Waals surface area (Å²) in [4.78, 5) is 21.3. The van der Waals surface area contributed by atoms with Gasteiger partial charge in [0.25, 0.3) is 0 Å². The van der Waals surface area contributed by atoms with Gasteiger partial charge in [-0.2, -0.15) is 0 Å². The second kappa shape index (κ2) is 8.20. The van der Waals surface area contributed by atoms with Gasteiger partial charge in [-0.05, 0) is 30.5 Å². The van der Waals surface area contributed by atoms with Gasteiger partial charge in [-0.25, -0.2) is 14.4 Å². The van der Waals surface area contributed by atoms with E-state index < -0.39 is 18.3 Å². The lowest BCUT2D eigenvalue weighted by Crippen LogP contribution is -2.32. The predicted molar refractivity (Wildman–Crippen MR) is 117 cm³/mol. The van der Waals surface area contributed by atoms with Crippen LogP contribution in [0.2, 0.25) is 0 Å². The Bertz CT molecular complexity index is 1230. The Kier molecular flexibility index (Phi) is 5.22. The van der Waals surface area contributed by atoms with Crippen molar-refractivity contribution in [2.75, 3.05) is 5.32 Å². The Hall–Kier alpha value is -3.52. The smallest absolute Gasteiger partial charge is 0.199 e. The molecule has 1 aliphatic carbocycles. The Morgan fingerprint density at radius 1 is 1.34 bits per heavy atom. The average molecular weight is 434 g/mol. The lowest BCUT2D eigenvalue weighted by Gasteiger charge is -2.18. The molecule has 0 radical (unpaired) electrons. The van der Waals surface area contributed by atoms with E-state index in [4.69, 9.17) is 4.42 Å². The third-order valence-corrected chi connectivity index (χ3v) is 6.03. The molecule has 0 spiro atoms. The molecule has 0 bridgehead atoms. The number of anilines is 1. The number of nitrogens with zero attached hydrogens (tertiary/aromatic N) is 3. The highest BCUT2D eigenvalue weighted by Crippen LogP contribution is 2.31. The molecule has 3 aromatic heterocycles. The van der Waals surface area contributed by atoms with E-state index in [0.717, 1.165) is 16.7 Å². The fraction of sp³-hybridized carbons (Fsp3) is 0.292. The molecule has 0 unspecified atom stereocenters. The van der Waals surface area contributed by atoms with Gasteiger partial charge in [0.05, 0.1) is 24.3 Å². The molecule has 8 heteroatoms. The molecule has 4 aromatic rings. The summed E-state index contributed by atoms with van der Waals surface area (Å²) in [6.07, 6.45) is 4.29. The van der Waals surface area contributed by atoms with Crippen molar-refractivity contribution < 1.29 is 18.7 Å². The van der Waals surface area contributed by atoms with Crippen molar-refractivity contribution in [3.05, 3.63) is 78.2 Å². The number of aliphatic hydroxyl groups excluding tert-OH is 1. The average Bonchev–Trinajstić information content (AvgIpc) is 3.49. The summed E-state index contributed by atoms with van der Waals surface area (Å²) in [7, 11) is 0. The summed E-state index contributed by atoms with van der Waals surface area (Å²) < 4.78 is 22.1. The van der Waals surface area contributed by atoms with Crippen LogP contribution >= 0.6 is 0 Å². The summed E-state index contributed by atoms with van der Waals surface area (Å²) >= 11 is 0. The maximum Gasteiger partial charge on any atom is 0.199 e. The van der Waals surface area contributed by atoms with E-state index in [0.29, 0.717) is 18.5 Å². The van der Waals surface area contributed by atoms with Gasteiger partial charge in [0.15, 0.2) is 5.78 Å². The number of halogens is 1. The van der Waals surface area contributed by atoms with Crippen LogP contribution in [0.3, 0.4) is 0 Å². The SMILES string of the molecule is C[C@@H]1C[C@@H](Nc2ncncc2C(=O)c2ccn(Cc3cc4ccccc4o3)c2)[C@@H](F)[C@@H]1O. The highest BCUT2D eigenvalue weighted by atomic mass is 19.1. The van der Waals surface area contributed by atoms with E-state index in [1.54, 1.807) is 19.2 Å². The van der Waals surface area contributed by atoms with E-state index in [9.17, 15) is 14.3 Å². The van der Waals surface area contributed by atoms with Crippen molar-refractivity contribution in [1.29, 1.82) is 0 Å². The fourth-order valence-electron chi connectivity index (χ4n) is 4.27. The number of furan rings is 1. The van der Waals surface area contributed by atoms with Crippen LogP contribution in [0.5, 0.6) is 0 Å². The van der Waals surface area contributed by atoms with Crippen molar-refractivity contribution in [2.24, 2.45) is 5.92 Å². The Labute approximate surface area is 183 Å². The summed E-state index contributed by atoms with van der Waals surface area (Å²) in [6.45, 7) is 2.29. The zero-order valence-electron chi connectivity index (χ0n) is 17.5. The molecular formula is C24H23FN4O3. The molecule has 1 fully saturated rings. The second-order valence-electron chi connectivity index (χ2n) is 8.34. The minimum Gasteiger partial charge on any atom is -0.459 e. The van der Waals surface area contributed by atoms with Gasteiger partial charge in [-0.1, -0.05) is 25.1 Å². The third-order valence-electron chi connectivity index (χ3n) is 6.03. The van der Waals surface area contributed by atoms with Crippen molar-refractivity contribution in [3.63, 3.8) is 0 Å². The van der Waals surface area contributed by atoms with Crippen molar-refractivity contribution in [3.8, 4) is 0 Å². The molecule has 0 saturated heterocycles. The van der Waals surface area contributed by atoms with Crippen LogP contribution in [0.4, 0.5) is 10.2 Å². The highest BCUT2D eigenvalue weighted by Gasteiger charge is 2.41. The molecular weight excluding hydrogens is 411 g/mol. The van der Waals surface area contributed by atoms with Crippen molar-refractivity contribution in [2.45, 2.75) is 38.2 Å². The van der Waals surface area contributed by atoms with Crippen LogP contribution < -0.4 is 5.32 Å². The first-order chi connectivity index (χ1) is 15.5. The molecule has 4 atom stereocenters. The number of alkyl halides is 1. The lowest BCUT2D eigenvalue weighted by atomic mass is 10.1. The number of carbonyl (C=O) groups excluding carboxylic acids is 1. The first-order valence-electron chi connectivity index (χ1n) is 10.6. The number of fused-ring (bicyclic) bond motifs is 1. The summed E-state index contributed by atoms with van der Waals surface area (Å²) in [5.41, 5.74) is 1.55. The van der Waals surface area contributed by atoms with E-state index in [1.165, 1.54) is 12.5 Å². The van der Waals surface area contributed by atoms with Gasteiger partial charge in [-0.15, -0.1) is 0 Å². The number of aromatic nitrogens is 3. The Morgan fingerprint density at radius 2 is 2.19 bits per heavy atom. The number of hydrogen-bond donors (Lipinski definition) is 2. The first-order valence-corrected chi connectivity index (χ1v) is 10.6. The van der Waals surface area contributed by atoms with Crippen LogP contribution in [0, 0.1) is 5.92 Å². The standard InChI is InChI=1S/C24H23FN4O3/c1-14-8-19(21(25)22(14)30)28-24-18(10-26-13-27-24)23(31)16-6-7-29(11-16)12-17-9-15-4-2-3-5-20(15)32-17/h2-7,9-11,13-14,19,21-22,30H,8,12H2,1H3,(H,26,27,28)/t14-,19-,21-,22-/m1/s1. The maximum atomic E-state index is 14.4. The first kappa shape index (κ1) is 20.4. The number of ketones is 1. The molecule has 0 aliphatic heterocycles. The zero-order valence-corrected chi connectivity index (χ0v) is 17.5. The van der Waals surface area contributed by atoms with Crippen LogP contribution in [0.1, 0.15) is 35.0 Å². The number of carbonyl (C=O) groups is 1. The van der Waals surface area contributed by atoms with Crippen LogP contribution in [0.15, 0.2) is 65.7 Å². The van der Waals surface area contributed by atoms with E-state index >= 15 is 0 Å². The molecule has 0 amide bonds. The molecule has 5 rings (SSSR count). The Morgan fingerprint density at radius 3 is 2.97 bits per heavy atom. The lowest BCUT2D eigenvalue weighted by molar-refractivity contribution is 0.0725. The van der Waals surface area contributed by atoms with Gasteiger partial charge in [0, 0.05) is 29.5 Å². The number of hydrogen-bond acceptors (Lipinski definition) is 6. The largest absolute Gasteiger partial charge is 0.459 e. The van der Waals surface area contributed by atoms with Crippen LogP contribution in [-0.4, -0.2) is 43.7 Å². The van der Waals surface area contributed by atoms with Gasteiger partial charge in [-0.3, -0.25) is 4.79 Å². The van der Waals surface area contributed by atoms with Crippen molar-refractivity contribution in [1.82, 2.24) is 14.5 Å². The van der Waals surface area contributed by atoms with E-state index in [1.807, 2.05) is 41.1 Å². The van der Waals surface area contributed by atoms with Crippen LogP contribution in [0.25, 0.3) is 11.0 Å². The minimum atomic E-state index is -1.42. The monoisotopic (exact) mass is 434 g/mol. The molecule has 164 valence electrons. The van der Waals surface area contributed by atoms with Gasteiger partial charge in [0.1, 0.15) is 29.7 Å². The number of benzene rings is 1. The van der Waals surface area contributed by atoms with E-state index in [-0.39, 0.29) is 23.1 Å².